The SMILES string of the molecule is NC(=O)c1ccc(S(=O)(=O)Nc2ccccc2SCC(F)(F)F)cc1. The van der Waals surface area contributed by atoms with Gasteiger partial charge in [0.05, 0.1) is 16.3 Å². The lowest BCUT2D eigenvalue weighted by molar-refractivity contribution is -0.105. The van der Waals surface area contributed by atoms with Crippen molar-refractivity contribution in [2.24, 2.45) is 5.73 Å². The number of benzene rings is 2. The maximum atomic E-state index is 12.4. The van der Waals surface area contributed by atoms with Gasteiger partial charge in [0, 0.05) is 10.5 Å². The monoisotopic (exact) mass is 390 g/mol. The van der Waals surface area contributed by atoms with Gasteiger partial charge in [0.1, 0.15) is 0 Å². The number of carbonyl (C=O) groups is 1. The first-order valence-electron chi connectivity index (χ1n) is 6.80. The largest absolute Gasteiger partial charge is 0.398 e. The second-order valence-corrected chi connectivity index (χ2v) is 7.59. The van der Waals surface area contributed by atoms with Crippen LogP contribution in [-0.4, -0.2) is 26.3 Å². The molecule has 10 heteroatoms. The van der Waals surface area contributed by atoms with Gasteiger partial charge in [-0.05, 0) is 36.4 Å². The third kappa shape index (κ3) is 5.40. The molecule has 0 fully saturated rings. The summed E-state index contributed by atoms with van der Waals surface area (Å²) >= 11 is 0.483. The smallest absolute Gasteiger partial charge is 0.366 e. The van der Waals surface area contributed by atoms with Gasteiger partial charge in [0.25, 0.3) is 10.0 Å². The van der Waals surface area contributed by atoms with Crippen LogP contribution in [0.15, 0.2) is 58.3 Å². The lowest BCUT2D eigenvalue weighted by Crippen LogP contribution is -2.15. The van der Waals surface area contributed by atoms with Crippen molar-refractivity contribution < 1.29 is 26.4 Å². The Morgan fingerprint density at radius 1 is 1.08 bits per heavy atom. The summed E-state index contributed by atoms with van der Waals surface area (Å²) in [5.74, 6) is -1.84. The Bertz CT molecular complexity index is 866. The number of rotatable bonds is 6. The van der Waals surface area contributed by atoms with E-state index in [4.69, 9.17) is 5.73 Å². The molecule has 2 aromatic rings. The first-order valence-corrected chi connectivity index (χ1v) is 9.27. The molecule has 5 nitrogen and oxygen atoms in total. The number of nitrogens with one attached hydrogen (secondary N) is 1. The minimum Gasteiger partial charge on any atom is -0.366 e. The molecule has 0 aliphatic heterocycles. The fourth-order valence-electron chi connectivity index (χ4n) is 1.84. The van der Waals surface area contributed by atoms with Crippen LogP contribution in [0.1, 0.15) is 10.4 Å². The molecule has 0 spiro atoms. The molecule has 0 saturated heterocycles. The summed E-state index contributed by atoms with van der Waals surface area (Å²) < 4.78 is 64.2. The predicted molar refractivity (Wildman–Crippen MR) is 89.0 cm³/mol. The number of alkyl halides is 3. The average molecular weight is 390 g/mol. The van der Waals surface area contributed by atoms with Crippen molar-refractivity contribution in [1.82, 2.24) is 0 Å². The lowest BCUT2D eigenvalue weighted by Gasteiger charge is -2.13. The van der Waals surface area contributed by atoms with Crippen LogP contribution in [0, 0.1) is 0 Å². The molecule has 2 aromatic carbocycles. The molecular formula is C15H13F3N2O3S2. The molecule has 0 aliphatic rings. The number of thioether (sulfide) groups is 1. The highest BCUT2D eigenvalue weighted by molar-refractivity contribution is 7.99. The van der Waals surface area contributed by atoms with Gasteiger partial charge in [-0.1, -0.05) is 12.1 Å². The van der Waals surface area contributed by atoms with Crippen LogP contribution in [0.2, 0.25) is 0 Å². The zero-order valence-corrected chi connectivity index (χ0v) is 14.2. The normalized spacial score (nSPS) is 12.0. The van der Waals surface area contributed by atoms with Crippen molar-refractivity contribution in [3.05, 3.63) is 54.1 Å². The Morgan fingerprint density at radius 2 is 1.68 bits per heavy atom. The highest BCUT2D eigenvalue weighted by atomic mass is 32.2. The number of sulfonamides is 1. The standard InChI is InChI=1S/C15H13F3N2O3S2/c16-15(17,18)9-24-13-4-2-1-3-12(13)20-25(22,23)11-7-5-10(6-8-11)14(19)21/h1-8,20H,9H2,(H2,19,21). The summed E-state index contributed by atoms with van der Waals surface area (Å²) in [6, 6.07) is 10.7. The number of halogens is 3. The molecule has 3 N–H and O–H groups in total. The van der Waals surface area contributed by atoms with Gasteiger partial charge < -0.3 is 5.73 Å². The van der Waals surface area contributed by atoms with E-state index in [1.807, 2.05) is 0 Å². The molecule has 0 aromatic heterocycles. The Kier molecular flexibility index (Phi) is 5.63. The quantitative estimate of drug-likeness (QED) is 0.741. The maximum absolute atomic E-state index is 12.4. The van der Waals surface area contributed by atoms with Crippen LogP contribution in [-0.2, 0) is 10.0 Å². The molecule has 0 radical (unpaired) electrons. The van der Waals surface area contributed by atoms with Crippen LogP contribution < -0.4 is 10.5 Å². The summed E-state index contributed by atoms with van der Waals surface area (Å²) in [7, 11) is -4.03. The molecule has 0 bridgehead atoms. The van der Waals surface area contributed by atoms with Gasteiger partial charge in [-0.25, -0.2) is 8.42 Å². The lowest BCUT2D eigenvalue weighted by atomic mass is 10.2. The predicted octanol–water partition coefficient (Wildman–Crippen LogP) is 3.24. The van der Waals surface area contributed by atoms with Crippen LogP contribution >= 0.6 is 11.8 Å². The Balaban J connectivity index is 2.24. The molecule has 2 rings (SSSR count). The van der Waals surface area contributed by atoms with Crippen molar-refractivity contribution >= 4 is 33.4 Å². The number of para-hydroxylation sites is 1. The van der Waals surface area contributed by atoms with Gasteiger partial charge >= 0.3 is 6.18 Å². The van der Waals surface area contributed by atoms with E-state index >= 15 is 0 Å². The summed E-state index contributed by atoms with van der Waals surface area (Å²) in [5, 5.41) is 0. The molecule has 0 unspecified atom stereocenters. The third-order valence-corrected chi connectivity index (χ3v) is 5.49. The molecule has 0 aliphatic carbocycles. The number of nitrogens with two attached hydrogens (primary N) is 1. The van der Waals surface area contributed by atoms with E-state index in [1.54, 1.807) is 0 Å². The zero-order chi connectivity index (χ0) is 18.7. The van der Waals surface area contributed by atoms with E-state index in [-0.39, 0.29) is 21.0 Å². The minimum absolute atomic E-state index is 0.0377. The van der Waals surface area contributed by atoms with E-state index in [0.29, 0.717) is 11.8 Å². The molecular weight excluding hydrogens is 377 g/mol. The first kappa shape index (κ1) is 19.1. The molecule has 0 saturated carbocycles. The highest BCUT2D eigenvalue weighted by Crippen LogP contribution is 2.33. The summed E-state index contributed by atoms with van der Waals surface area (Å²) in [6.07, 6.45) is -4.37. The van der Waals surface area contributed by atoms with Crippen LogP contribution in [0.5, 0.6) is 0 Å². The van der Waals surface area contributed by atoms with Crippen molar-refractivity contribution in [2.75, 3.05) is 10.5 Å². The van der Waals surface area contributed by atoms with Crippen molar-refractivity contribution in [3.8, 4) is 0 Å². The number of primary amides is 1. The minimum atomic E-state index is -4.37. The average Bonchev–Trinajstić information content (AvgIpc) is 2.53. The fraction of sp³-hybridized carbons (Fsp3) is 0.133. The number of carbonyl (C=O) groups excluding carboxylic acids is 1. The Morgan fingerprint density at radius 3 is 2.24 bits per heavy atom. The highest BCUT2D eigenvalue weighted by Gasteiger charge is 2.28. The van der Waals surface area contributed by atoms with Gasteiger partial charge in [-0.15, -0.1) is 11.8 Å². The molecule has 1 amide bonds. The number of amides is 1. The topological polar surface area (TPSA) is 89.3 Å². The molecule has 0 heterocycles. The molecule has 134 valence electrons. The number of hydrogen-bond donors (Lipinski definition) is 2. The zero-order valence-electron chi connectivity index (χ0n) is 12.6. The van der Waals surface area contributed by atoms with E-state index in [9.17, 15) is 26.4 Å². The third-order valence-electron chi connectivity index (χ3n) is 2.97. The summed E-state index contributed by atoms with van der Waals surface area (Å²) in [5.41, 5.74) is 5.26. The van der Waals surface area contributed by atoms with Gasteiger partial charge in [-0.2, -0.15) is 13.2 Å². The first-order chi connectivity index (χ1) is 11.6. The maximum Gasteiger partial charge on any atom is 0.398 e. The van der Waals surface area contributed by atoms with Crippen LogP contribution in [0.25, 0.3) is 0 Å². The van der Waals surface area contributed by atoms with E-state index in [2.05, 4.69) is 4.72 Å². The van der Waals surface area contributed by atoms with Crippen molar-refractivity contribution in [2.45, 2.75) is 16.0 Å². The van der Waals surface area contributed by atoms with Crippen LogP contribution in [0.4, 0.5) is 18.9 Å². The summed E-state index contributed by atoms with van der Waals surface area (Å²) in [6.45, 7) is 0. The van der Waals surface area contributed by atoms with Gasteiger partial charge in [0.15, 0.2) is 0 Å². The Labute approximate surface area is 146 Å². The summed E-state index contributed by atoms with van der Waals surface area (Å²) in [4.78, 5) is 11.0. The second-order valence-electron chi connectivity index (χ2n) is 4.89. The second kappa shape index (κ2) is 7.36. The molecule has 25 heavy (non-hydrogen) atoms. The van der Waals surface area contributed by atoms with Gasteiger partial charge in [0.2, 0.25) is 5.91 Å². The molecule has 0 atom stereocenters. The van der Waals surface area contributed by atoms with E-state index < -0.39 is 27.9 Å². The van der Waals surface area contributed by atoms with Crippen molar-refractivity contribution in [1.29, 1.82) is 0 Å². The fourth-order valence-corrected chi connectivity index (χ4v) is 3.75. The van der Waals surface area contributed by atoms with E-state index in [0.717, 1.165) is 0 Å². The van der Waals surface area contributed by atoms with Crippen molar-refractivity contribution in [3.63, 3.8) is 0 Å². The number of hydrogen-bond acceptors (Lipinski definition) is 4. The van der Waals surface area contributed by atoms with Gasteiger partial charge in [-0.3, -0.25) is 9.52 Å². The van der Waals surface area contributed by atoms with E-state index in [1.165, 1.54) is 48.5 Å². The van der Waals surface area contributed by atoms with Crippen LogP contribution in [0.3, 0.4) is 0 Å². The Hall–Kier alpha value is -2.20. The number of anilines is 1.